The van der Waals surface area contributed by atoms with Gasteiger partial charge in [0.2, 0.25) is 15.9 Å². The normalized spacial score (nSPS) is 12.2. The second kappa shape index (κ2) is 11.2. The molecule has 1 atom stereocenters. The van der Waals surface area contributed by atoms with Gasteiger partial charge in [-0.15, -0.1) is 0 Å². The summed E-state index contributed by atoms with van der Waals surface area (Å²) in [5, 5.41) is 3.36. The van der Waals surface area contributed by atoms with E-state index in [4.69, 9.17) is 21.1 Å². The molecule has 1 N–H and O–H groups in total. The van der Waals surface area contributed by atoms with Crippen LogP contribution < -0.4 is 19.1 Å². The van der Waals surface area contributed by atoms with E-state index >= 15 is 0 Å². The molecule has 0 aliphatic carbocycles. The molecule has 0 saturated carbocycles. The van der Waals surface area contributed by atoms with Crippen molar-refractivity contribution in [3.05, 3.63) is 53.1 Å². The van der Waals surface area contributed by atoms with E-state index in [-0.39, 0.29) is 24.9 Å². The van der Waals surface area contributed by atoms with Crippen molar-refractivity contribution in [1.82, 2.24) is 5.32 Å². The summed E-state index contributed by atoms with van der Waals surface area (Å²) >= 11 is 6.14. The summed E-state index contributed by atoms with van der Waals surface area (Å²) in [5.41, 5.74) is 1.21. The maximum Gasteiger partial charge on any atom is 0.232 e. The molecular formula is C22H29ClN2O5S. The number of rotatable bonds is 11. The summed E-state index contributed by atoms with van der Waals surface area (Å²) in [6.45, 7) is 4.12. The average Bonchev–Trinajstić information content (AvgIpc) is 2.71. The van der Waals surface area contributed by atoms with Crippen molar-refractivity contribution in [2.45, 2.75) is 32.7 Å². The number of hydrogen-bond acceptors (Lipinski definition) is 5. The van der Waals surface area contributed by atoms with Gasteiger partial charge in [-0.2, -0.15) is 0 Å². The Hall–Kier alpha value is -2.45. The number of sulfonamides is 1. The third-order valence-electron chi connectivity index (χ3n) is 4.64. The molecule has 31 heavy (non-hydrogen) atoms. The molecular weight excluding hydrogens is 440 g/mol. The molecule has 0 spiro atoms. The fourth-order valence-electron chi connectivity index (χ4n) is 3.00. The monoisotopic (exact) mass is 468 g/mol. The third-order valence-corrected chi connectivity index (χ3v) is 6.23. The molecule has 7 nitrogen and oxygen atoms in total. The van der Waals surface area contributed by atoms with Crippen LogP contribution in [0.5, 0.6) is 11.5 Å². The number of ether oxygens (including phenoxy) is 2. The summed E-state index contributed by atoms with van der Waals surface area (Å²) in [6, 6.07) is 12.1. The van der Waals surface area contributed by atoms with Crippen LogP contribution >= 0.6 is 11.6 Å². The van der Waals surface area contributed by atoms with Gasteiger partial charge in [-0.3, -0.25) is 9.10 Å². The molecule has 0 saturated heterocycles. The number of carbonyl (C=O) groups is 1. The van der Waals surface area contributed by atoms with Crippen LogP contribution in [0.2, 0.25) is 5.02 Å². The SMILES string of the molecule is COc1ccc(OC[C@H](C)NC(=O)CCCN(c2cccc(Cl)c2C)S(C)(=O)=O)cc1. The van der Waals surface area contributed by atoms with Gasteiger partial charge in [-0.1, -0.05) is 17.7 Å². The quantitative estimate of drug-likeness (QED) is 0.542. The van der Waals surface area contributed by atoms with Crippen LogP contribution in [-0.2, 0) is 14.8 Å². The number of nitrogens with one attached hydrogen (secondary N) is 1. The molecule has 0 heterocycles. The van der Waals surface area contributed by atoms with Crippen molar-refractivity contribution in [3.8, 4) is 11.5 Å². The summed E-state index contributed by atoms with van der Waals surface area (Å²) < 4.78 is 36.6. The Morgan fingerprint density at radius 2 is 1.81 bits per heavy atom. The molecule has 2 aromatic carbocycles. The highest BCUT2D eigenvalue weighted by Gasteiger charge is 2.20. The molecule has 1 amide bonds. The van der Waals surface area contributed by atoms with Gasteiger partial charge in [0.25, 0.3) is 0 Å². The smallest absolute Gasteiger partial charge is 0.232 e. The average molecular weight is 469 g/mol. The van der Waals surface area contributed by atoms with Gasteiger partial charge in [0.1, 0.15) is 18.1 Å². The molecule has 2 rings (SSSR count). The first-order valence-electron chi connectivity index (χ1n) is 9.91. The van der Waals surface area contributed by atoms with E-state index in [1.807, 2.05) is 6.92 Å². The molecule has 0 aliphatic rings. The van der Waals surface area contributed by atoms with Crippen LogP contribution in [0.15, 0.2) is 42.5 Å². The van der Waals surface area contributed by atoms with E-state index in [2.05, 4.69) is 5.32 Å². The van der Waals surface area contributed by atoms with E-state index in [9.17, 15) is 13.2 Å². The molecule has 0 radical (unpaired) electrons. The largest absolute Gasteiger partial charge is 0.497 e. The number of amides is 1. The van der Waals surface area contributed by atoms with Crippen LogP contribution in [0.4, 0.5) is 5.69 Å². The van der Waals surface area contributed by atoms with Gasteiger partial charge < -0.3 is 14.8 Å². The molecule has 0 aromatic heterocycles. The van der Waals surface area contributed by atoms with Crippen molar-refractivity contribution in [2.75, 3.05) is 30.8 Å². The van der Waals surface area contributed by atoms with Crippen molar-refractivity contribution < 1.29 is 22.7 Å². The minimum absolute atomic E-state index is 0.165. The molecule has 2 aromatic rings. The van der Waals surface area contributed by atoms with E-state index in [1.165, 1.54) is 4.31 Å². The first-order valence-corrected chi connectivity index (χ1v) is 12.1. The van der Waals surface area contributed by atoms with Crippen LogP contribution in [0.3, 0.4) is 0 Å². The highest BCUT2D eigenvalue weighted by Crippen LogP contribution is 2.28. The number of nitrogens with zero attached hydrogens (tertiary/aromatic N) is 1. The predicted molar refractivity (Wildman–Crippen MR) is 124 cm³/mol. The molecule has 0 aliphatic heterocycles. The minimum Gasteiger partial charge on any atom is -0.497 e. The highest BCUT2D eigenvalue weighted by atomic mass is 35.5. The zero-order chi connectivity index (χ0) is 23.0. The Bertz CT molecular complexity index is 980. The molecule has 9 heteroatoms. The number of anilines is 1. The lowest BCUT2D eigenvalue weighted by Gasteiger charge is -2.24. The Morgan fingerprint density at radius 3 is 2.42 bits per heavy atom. The van der Waals surface area contributed by atoms with Crippen molar-refractivity contribution >= 4 is 33.2 Å². The van der Waals surface area contributed by atoms with E-state index < -0.39 is 10.0 Å². The molecule has 0 bridgehead atoms. The fourth-order valence-corrected chi connectivity index (χ4v) is 4.18. The lowest BCUT2D eigenvalue weighted by Crippen LogP contribution is -2.37. The van der Waals surface area contributed by atoms with Crippen LogP contribution in [0.1, 0.15) is 25.3 Å². The number of carbonyl (C=O) groups excluding carboxylic acids is 1. The van der Waals surface area contributed by atoms with Crippen LogP contribution in [0.25, 0.3) is 0 Å². The van der Waals surface area contributed by atoms with E-state index in [1.54, 1.807) is 56.5 Å². The second-order valence-corrected chi connectivity index (χ2v) is 9.59. The first kappa shape index (κ1) is 24.8. The maximum absolute atomic E-state index is 12.3. The molecule has 0 fully saturated rings. The van der Waals surface area contributed by atoms with E-state index in [0.717, 1.165) is 12.0 Å². The summed E-state index contributed by atoms with van der Waals surface area (Å²) in [7, 11) is -1.91. The molecule has 170 valence electrons. The third kappa shape index (κ3) is 7.63. The Balaban J connectivity index is 1.84. The van der Waals surface area contributed by atoms with Crippen molar-refractivity contribution in [2.24, 2.45) is 0 Å². The maximum atomic E-state index is 12.3. The topological polar surface area (TPSA) is 84.9 Å². The number of benzene rings is 2. The summed E-state index contributed by atoms with van der Waals surface area (Å²) in [6.07, 6.45) is 1.71. The first-order chi connectivity index (χ1) is 14.6. The van der Waals surface area contributed by atoms with Gasteiger partial charge in [-0.05, 0) is 62.2 Å². The summed E-state index contributed by atoms with van der Waals surface area (Å²) in [5.74, 6) is 1.26. The van der Waals surface area contributed by atoms with E-state index in [0.29, 0.717) is 35.1 Å². The Kier molecular flexibility index (Phi) is 9.00. The van der Waals surface area contributed by atoms with Gasteiger partial charge in [0.15, 0.2) is 0 Å². The Labute approximate surface area is 189 Å². The summed E-state index contributed by atoms with van der Waals surface area (Å²) in [4.78, 5) is 12.3. The van der Waals surface area contributed by atoms with Crippen molar-refractivity contribution in [1.29, 1.82) is 0 Å². The van der Waals surface area contributed by atoms with Crippen molar-refractivity contribution in [3.63, 3.8) is 0 Å². The lowest BCUT2D eigenvalue weighted by molar-refractivity contribution is -0.121. The lowest BCUT2D eigenvalue weighted by atomic mass is 10.2. The van der Waals surface area contributed by atoms with Gasteiger partial charge >= 0.3 is 0 Å². The van der Waals surface area contributed by atoms with Gasteiger partial charge in [0, 0.05) is 18.0 Å². The standard InChI is InChI=1S/C22H29ClN2O5S/c1-16(15-30-19-12-10-18(29-3)11-13-19)24-22(26)9-6-14-25(31(4,27)28)21-8-5-7-20(23)17(21)2/h5,7-8,10-13,16H,6,9,14-15H2,1-4H3,(H,24,26)/t16-/m0/s1. The van der Waals surface area contributed by atoms with Crippen LogP contribution in [0, 0.1) is 6.92 Å². The zero-order valence-corrected chi connectivity index (χ0v) is 19.8. The fraction of sp³-hybridized carbons (Fsp3) is 0.409. The predicted octanol–water partition coefficient (Wildman–Crippen LogP) is 3.79. The Morgan fingerprint density at radius 1 is 1.16 bits per heavy atom. The molecule has 0 unspecified atom stereocenters. The zero-order valence-electron chi connectivity index (χ0n) is 18.2. The number of methoxy groups -OCH3 is 1. The minimum atomic E-state index is -3.51. The highest BCUT2D eigenvalue weighted by molar-refractivity contribution is 7.92. The van der Waals surface area contributed by atoms with Gasteiger partial charge in [0.05, 0.1) is 25.1 Å². The van der Waals surface area contributed by atoms with Crippen LogP contribution in [-0.4, -0.2) is 46.9 Å². The number of halogens is 1. The number of hydrogen-bond donors (Lipinski definition) is 1. The van der Waals surface area contributed by atoms with Gasteiger partial charge in [-0.25, -0.2) is 8.42 Å². The second-order valence-electron chi connectivity index (χ2n) is 7.28.